The van der Waals surface area contributed by atoms with Crippen molar-refractivity contribution in [2.24, 2.45) is 0 Å². The normalized spacial score (nSPS) is 16.2. The average Bonchev–Trinajstić information content (AvgIpc) is 2.12. The molecule has 0 aromatic rings. The van der Waals surface area contributed by atoms with Gasteiger partial charge in [0, 0.05) is 6.42 Å². The summed E-state index contributed by atoms with van der Waals surface area (Å²) < 4.78 is 54.6. The molecule has 0 rings (SSSR count). The van der Waals surface area contributed by atoms with Crippen molar-refractivity contribution in [2.75, 3.05) is 12.5 Å². The molecule has 0 bridgehead atoms. The minimum atomic E-state index is -3.55. The topological polar surface area (TPSA) is 86.7 Å². The molecule has 0 fully saturated rings. The summed E-state index contributed by atoms with van der Waals surface area (Å²) in [6.07, 6.45) is 3.72. The molecule has 0 aromatic heterocycles. The van der Waals surface area contributed by atoms with Gasteiger partial charge in [0.2, 0.25) is 0 Å². The Bertz CT molecular complexity index is 398. The van der Waals surface area contributed by atoms with Gasteiger partial charge in [0.1, 0.15) is 0 Å². The van der Waals surface area contributed by atoms with Crippen molar-refractivity contribution < 1.29 is 25.2 Å². The fourth-order valence-corrected chi connectivity index (χ4v) is 3.18. The first kappa shape index (κ1) is 18.8. The van der Waals surface area contributed by atoms with Crippen molar-refractivity contribution in [2.45, 2.75) is 58.2 Å². The van der Waals surface area contributed by atoms with Gasteiger partial charge in [-0.1, -0.05) is 26.7 Å². The van der Waals surface area contributed by atoms with Gasteiger partial charge in [0.15, 0.2) is 0 Å². The molecular weight excluding hydrogens is 292 g/mol. The molecule has 0 saturated heterocycles. The lowest BCUT2D eigenvalue weighted by atomic mass is 10.0. The highest BCUT2D eigenvalue weighted by atomic mass is 32.2. The molecule has 2 atom stereocenters. The third-order valence-corrected chi connectivity index (χ3v) is 3.61. The van der Waals surface area contributed by atoms with Crippen LogP contribution in [0.2, 0.25) is 0 Å². The molecule has 0 aliphatic carbocycles. The van der Waals surface area contributed by atoms with Crippen molar-refractivity contribution in [1.82, 2.24) is 0 Å². The average molecular weight is 316 g/mol. The van der Waals surface area contributed by atoms with E-state index in [1.807, 2.05) is 13.8 Å². The summed E-state index contributed by atoms with van der Waals surface area (Å²) in [4.78, 5) is 0. The van der Waals surface area contributed by atoms with Crippen LogP contribution < -0.4 is 0 Å². The fraction of sp³-hybridized carbons (Fsp3) is 1.00. The molecule has 0 aliphatic heterocycles. The zero-order valence-corrected chi connectivity index (χ0v) is 13.6. The van der Waals surface area contributed by atoms with Crippen molar-refractivity contribution in [1.29, 1.82) is 0 Å². The first-order chi connectivity index (χ1) is 8.57. The van der Waals surface area contributed by atoms with Crippen LogP contribution in [0.1, 0.15) is 46.0 Å². The van der Waals surface area contributed by atoms with Gasteiger partial charge in [-0.15, -0.1) is 0 Å². The van der Waals surface area contributed by atoms with Crippen LogP contribution in [0.5, 0.6) is 0 Å². The van der Waals surface area contributed by atoms with Gasteiger partial charge in [-0.2, -0.15) is 16.8 Å². The summed E-state index contributed by atoms with van der Waals surface area (Å²) in [6.45, 7) is 3.82. The maximum atomic E-state index is 11.2. The van der Waals surface area contributed by atoms with Crippen LogP contribution in [0.3, 0.4) is 0 Å². The van der Waals surface area contributed by atoms with E-state index < -0.39 is 32.4 Å². The molecule has 0 spiro atoms. The second kappa shape index (κ2) is 8.18. The van der Waals surface area contributed by atoms with Gasteiger partial charge in [-0.25, -0.2) is 0 Å². The standard InChI is InChI=1S/C11H24O6S2/c1-5-7-10(16-18(3,12)13)9-11(8-6-2)17-19(4,14)15/h10-11H,5-9H2,1-4H3/t10-,11-/m1/s1. The smallest absolute Gasteiger partial charge is 0.264 e. The molecule has 0 N–H and O–H groups in total. The zero-order valence-electron chi connectivity index (χ0n) is 12.0. The third kappa shape index (κ3) is 11.4. The zero-order chi connectivity index (χ0) is 15.1. The number of hydrogen-bond acceptors (Lipinski definition) is 6. The largest absolute Gasteiger partial charge is 0.267 e. The van der Waals surface area contributed by atoms with Crippen molar-refractivity contribution in [3.05, 3.63) is 0 Å². The van der Waals surface area contributed by atoms with Gasteiger partial charge in [-0.05, 0) is 12.8 Å². The lowest BCUT2D eigenvalue weighted by Crippen LogP contribution is -2.27. The van der Waals surface area contributed by atoms with Gasteiger partial charge in [-0.3, -0.25) is 8.37 Å². The highest BCUT2D eigenvalue weighted by molar-refractivity contribution is 7.86. The van der Waals surface area contributed by atoms with E-state index in [4.69, 9.17) is 8.37 Å². The summed E-state index contributed by atoms with van der Waals surface area (Å²) in [5.74, 6) is 0. The molecule has 0 aromatic carbocycles. The Kier molecular flexibility index (Phi) is 8.11. The van der Waals surface area contributed by atoms with E-state index >= 15 is 0 Å². The van der Waals surface area contributed by atoms with Gasteiger partial charge < -0.3 is 0 Å². The molecule has 8 heteroatoms. The highest BCUT2D eigenvalue weighted by Gasteiger charge is 2.23. The van der Waals surface area contributed by atoms with E-state index in [1.54, 1.807) is 0 Å². The number of rotatable bonds is 10. The maximum absolute atomic E-state index is 11.2. The van der Waals surface area contributed by atoms with Crippen LogP contribution in [-0.4, -0.2) is 41.6 Å². The monoisotopic (exact) mass is 316 g/mol. The molecule has 116 valence electrons. The molecule has 6 nitrogen and oxygen atoms in total. The fourth-order valence-electron chi connectivity index (χ4n) is 1.84. The second-order valence-corrected chi connectivity index (χ2v) is 7.86. The predicted octanol–water partition coefficient (Wildman–Crippen LogP) is 1.67. The Hall–Kier alpha value is -0.180. The minimum absolute atomic E-state index is 0.252. The first-order valence-electron chi connectivity index (χ1n) is 6.34. The quantitative estimate of drug-likeness (QED) is 0.570. The SMILES string of the molecule is CCC[C@H](C[C@@H](CCC)OS(C)(=O)=O)OS(C)(=O)=O. The van der Waals surface area contributed by atoms with Crippen LogP contribution in [0.15, 0.2) is 0 Å². The highest BCUT2D eigenvalue weighted by Crippen LogP contribution is 2.18. The van der Waals surface area contributed by atoms with Crippen LogP contribution in [0.4, 0.5) is 0 Å². The van der Waals surface area contributed by atoms with Crippen molar-refractivity contribution in [3.63, 3.8) is 0 Å². The van der Waals surface area contributed by atoms with E-state index in [0.717, 1.165) is 25.4 Å². The van der Waals surface area contributed by atoms with Crippen LogP contribution >= 0.6 is 0 Å². The Morgan fingerprint density at radius 2 is 1.11 bits per heavy atom. The summed E-state index contributed by atoms with van der Waals surface area (Å²) >= 11 is 0. The summed E-state index contributed by atoms with van der Waals surface area (Å²) in [6, 6.07) is 0. The summed E-state index contributed by atoms with van der Waals surface area (Å²) in [7, 11) is -7.11. The lowest BCUT2D eigenvalue weighted by molar-refractivity contribution is 0.109. The summed E-state index contributed by atoms with van der Waals surface area (Å²) in [5.41, 5.74) is 0. The minimum Gasteiger partial charge on any atom is -0.267 e. The Morgan fingerprint density at radius 1 is 0.789 bits per heavy atom. The van der Waals surface area contributed by atoms with Gasteiger partial charge >= 0.3 is 0 Å². The van der Waals surface area contributed by atoms with Gasteiger partial charge in [0.05, 0.1) is 24.7 Å². The van der Waals surface area contributed by atoms with Crippen LogP contribution in [0, 0.1) is 0 Å². The van der Waals surface area contributed by atoms with E-state index in [2.05, 4.69) is 0 Å². The lowest BCUT2D eigenvalue weighted by Gasteiger charge is -2.21. The Balaban J connectivity index is 4.73. The van der Waals surface area contributed by atoms with E-state index in [9.17, 15) is 16.8 Å². The molecular formula is C11H24O6S2. The van der Waals surface area contributed by atoms with E-state index in [-0.39, 0.29) is 6.42 Å². The molecule has 0 heterocycles. The Labute approximate surface area is 116 Å². The summed E-state index contributed by atoms with van der Waals surface area (Å²) in [5, 5.41) is 0. The number of hydrogen-bond donors (Lipinski definition) is 0. The first-order valence-corrected chi connectivity index (χ1v) is 9.97. The van der Waals surface area contributed by atoms with E-state index in [0.29, 0.717) is 12.8 Å². The molecule has 0 saturated carbocycles. The van der Waals surface area contributed by atoms with Crippen LogP contribution in [-0.2, 0) is 28.6 Å². The van der Waals surface area contributed by atoms with Crippen molar-refractivity contribution in [3.8, 4) is 0 Å². The Morgan fingerprint density at radius 3 is 1.32 bits per heavy atom. The second-order valence-electron chi connectivity index (χ2n) is 4.66. The van der Waals surface area contributed by atoms with Crippen molar-refractivity contribution >= 4 is 20.2 Å². The molecule has 0 amide bonds. The molecule has 19 heavy (non-hydrogen) atoms. The van der Waals surface area contributed by atoms with Gasteiger partial charge in [0.25, 0.3) is 20.2 Å². The molecule has 0 unspecified atom stereocenters. The third-order valence-electron chi connectivity index (χ3n) is 2.37. The molecule has 0 aliphatic rings. The van der Waals surface area contributed by atoms with E-state index in [1.165, 1.54) is 0 Å². The predicted molar refractivity (Wildman–Crippen MR) is 73.9 cm³/mol. The maximum Gasteiger partial charge on any atom is 0.264 e. The van der Waals surface area contributed by atoms with Crippen LogP contribution in [0.25, 0.3) is 0 Å². The molecule has 0 radical (unpaired) electrons.